The molecule has 162 valence electrons. The molecule has 6 heteroatoms. The molecule has 2 aromatic rings. The van der Waals surface area contributed by atoms with Gasteiger partial charge >= 0.3 is 0 Å². The summed E-state index contributed by atoms with van der Waals surface area (Å²) >= 11 is 0. The quantitative estimate of drug-likeness (QED) is 0.641. The van der Waals surface area contributed by atoms with E-state index in [9.17, 15) is 9.59 Å². The molecule has 1 atom stereocenters. The minimum Gasteiger partial charge on any atom is -0.349 e. The molecule has 1 aliphatic heterocycles. The highest BCUT2D eigenvalue weighted by Crippen LogP contribution is 2.35. The van der Waals surface area contributed by atoms with Crippen LogP contribution in [0.5, 0.6) is 0 Å². The van der Waals surface area contributed by atoms with E-state index in [0.717, 1.165) is 29.5 Å². The molecule has 1 heterocycles. The van der Waals surface area contributed by atoms with Crippen LogP contribution in [0.3, 0.4) is 0 Å². The Balaban J connectivity index is 1.61. The molecule has 0 spiro atoms. The molecular formula is C25H30N4O2. The van der Waals surface area contributed by atoms with Gasteiger partial charge in [0.25, 0.3) is 11.8 Å². The number of amides is 2. The Bertz CT molecular complexity index is 1010. The number of guanidine groups is 1. The molecule has 2 amide bonds. The lowest BCUT2D eigenvalue weighted by Crippen LogP contribution is -2.45. The van der Waals surface area contributed by atoms with E-state index in [4.69, 9.17) is 5.41 Å². The van der Waals surface area contributed by atoms with Crippen molar-refractivity contribution in [3.63, 3.8) is 0 Å². The predicted molar refractivity (Wildman–Crippen MR) is 121 cm³/mol. The fourth-order valence-corrected chi connectivity index (χ4v) is 4.28. The van der Waals surface area contributed by atoms with Crippen LogP contribution in [-0.4, -0.2) is 28.7 Å². The van der Waals surface area contributed by atoms with E-state index in [-0.39, 0.29) is 36.3 Å². The fourth-order valence-electron chi connectivity index (χ4n) is 4.28. The van der Waals surface area contributed by atoms with Gasteiger partial charge in [-0.1, -0.05) is 56.3 Å². The van der Waals surface area contributed by atoms with Crippen LogP contribution in [0.4, 0.5) is 0 Å². The molecule has 4 rings (SSSR count). The Morgan fingerprint density at radius 3 is 2.58 bits per heavy atom. The van der Waals surface area contributed by atoms with Crippen LogP contribution in [0.25, 0.3) is 0 Å². The summed E-state index contributed by atoms with van der Waals surface area (Å²) in [7, 11) is 0. The number of hydrogen-bond acceptors (Lipinski definition) is 3. The van der Waals surface area contributed by atoms with Crippen LogP contribution in [0.2, 0.25) is 0 Å². The number of nitrogens with zero attached hydrogens (tertiary/aromatic N) is 1. The Morgan fingerprint density at radius 2 is 1.94 bits per heavy atom. The van der Waals surface area contributed by atoms with E-state index in [1.807, 2.05) is 55.5 Å². The Morgan fingerprint density at radius 1 is 1.23 bits per heavy atom. The van der Waals surface area contributed by atoms with Crippen molar-refractivity contribution in [2.45, 2.75) is 58.2 Å². The van der Waals surface area contributed by atoms with Gasteiger partial charge in [-0.2, -0.15) is 0 Å². The zero-order valence-corrected chi connectivity index (χ0v) is 18.4. The van der Waals surface area contributed by atoms with Crippen LogP contribution in [0.15, 0.2) is 48.5 Å². The second-order valence-electron chi connectivity index (χ2n) is 9.13. The first-order valence-corrected chi connectivity index (χ1v) is 10.9. The first-order chi connectivity index (χ1) is 14.8. The Kier molecular flexibility index (Phi) is 5.56. The summed E-state index contributed by atoms with van der Waals surface area (Å²) in [4.78, 5) is 27.7. The van der Waals surface area contributed by atoms with Crippen LogP contribution in [0, 0.1) is 18.3 Å². The largest absolute Gasteiger partial charge is 0.349 e. The average molecular weight is 419 g/mol. The van der Waals surface area contributed by atoms with Crippen molar-refractivity contribution in [3.05, 3.63) is 70.8 Å². The van der Waals surface area contributed by atoms with E-state index < -0.39 is 5.54 Å². The summed E-state index contributed by atoms with van der Waals surface area (Å²) in [5, 5.41) is 14.8. The van der Waals surface area contributed by atoms with Crippen molar-refractivity contribution in [3.8, 4) is 0 Å². The molecule has 0 radical (unpaired) electrons. The van der Waals surface area contributed by atoms with Crippen molar-refractivity contribution >= 4 is 17.8 Å². The van der Waals surface area contributed by atoms with Gasteiger partial charge in [-0.15, -0.1) is 0 Å². The Labute approximate surface area is 183 Å². The molecule has 1 unspecified atom stereocenters. The molecule has 2 aliphatic rings. The number of aryl methyl sites for hydroxylation is 1. The molecule has 0 aromatic heterocycles. The highest BCUT2D eigenvalue weighted by atomic mass is 16.2. The van der Waals surface area contributed by atoms with Gasteiger partial charge in [0, 0.05) is 11.6 Å². The summed E-state index contributed by atoms with van der Waals surface area (Å²) in [5.41, 5.74) is 2.30. The van der Waals surface area contributed by atoms with E-state index in [1.165, 1.54) is 4.90 Å². The number of hydrogen-bond donors (Lipinski definition) is 3. The highest BCUT2D eigenvalue weighted by Gasteiger charge is 2.50. The maximum atomic E-state index is 13.7. The predicted octanol–water partition coefficient (Wildman–Crippen LogP) is 3.70. The molecule has 1 saturated carbocycles. The summed E-state index contributed by atoms with van der Waals surface area (Å²) in [6.07, 6.45) is 2.66. The van der Waals surface area contributed by atoms with Gasteiger partial charge in [-0.3, -0.25) is 19.9 Å². The normalized spacial score (nSPS) is 20.8. The number of nitrogens with one attached hydrogen (secondary N) is 3. The zero-order valence-electron chi connectivity index (χ0n) is 18.4. The van der Waals surface area contributed by atoms with E-state index in [1.54, 1.807) is 0 Å². The summed E-state index contributed by atoms with van der Waals surface area (Å²) in [5.74, 6) is 0.170. The average Bonchev–Trinajstić information content (AvgIpc) is 3.52. The van der Waals surface area contributed by atoms with Crippen molar-refractivity contribution in [2.75, 3.05) is 0 Å². The number of benzene rings is 2. The van der Waals surface area contributed by atoms with Gasteiger partial charge < -0.3 is 10.6 Å². The molecule has 31 heavy (non-hydrogen) atoms. The summed E-state index contributed by atoms with van der Waals surface area (Å²) in [6.45, 7) is 6.33. The van der Waals surface area contributed by atoms with Crippen LogP contribution in [0.1, 0.15) is 60.2 Å². The third-order valence-corrected chi connectivity index (χ3v) is 5.99. The van der Waals surface area contributed by atoms with E-state index in [0.29, 0.717) is 12.0 Å². The van der Waals surface area contributed by atoms with Crippen LogP contribution < -0.4 is 10.6 Å². The lowest BCUT2D eigenvalue weighted by Gasteiger charge is -2.29. The third kappa shape index (κ3) is 4.20. The lowest BCUT2D eigenvalue weighted by atomic mass is 9.82. The first kappa shape index (κ1) is 21.1. The van der Waals surface area contributed by atoms with E-state index >= 15 is 0 Å². The van der Waals surface area contributed by atoms with Gasteiger partial charge in [-0.25, -0.2) is 0 Å². The molecule has 1 saturated heterocycles. The highest BCUT2D eigenvalue weighted by molar-refractivity contribution is 6.08. The van der Waals surface area contributed by atoms with Gasteiger partial charge in [0.1, 0.15) is 5.54 Å². The molecule has 6 nitrogen and oxygen atoms in total. The van der Waals surface area contributed by atoms with Crippen LogP contribution in [-0.2, 0) is 16.9 Å². The fraction of sp³-hybridized carbons (Fsp3) is 0.400. The van der Waals surface area contributed by atoms with Crippen LogP contribution >= 0.6 is 0 Å². The minimum atomic E-state index is -0.941. The first-order valence-electron chi connectivity index (χ1n) is 10.9. The number of rotatable bonds is 7. The van der Waals surface area contributed by atoms with Crippen molar-refractivity contribution in [1.29, 1.82) is 5.41 Å². The van der Waals surface area contributed by atoms with Gasteiger partial charge in [0.2, 0.25) is 0 Å². The molecular weight excluding hydrogens is 388 g/mol. The smallest absolute Gasteiger partial charge is 0.260 e. The monoisotopic (exact) mass is 418 g/mol. The number of carbonyl (C=O) groups is 2. The standard InChI is InChI=1S/C25H30N4O2/c1-16(2)14-25(19-7-5-4-6-8-19)23(31)29(24(26)28-25)15-18-10-9-17(3)21(13-18)22(30)27-20-11-12-20/h4-10,13,16,20H,11-12,14-15H2,1-3H3,(H2,26,28)(H,27,30). The molecule has 2 fully saturated rings. The maximum absolute atomic E-state index is 13.7. The molecule has 2 aromatic carbocycles. The number of carbonyl (C=O) groups excluding carboxylic acids is 2. The van der Waals surface area contributed by atoms with Gasteiger partial charge in [0.05, 0.1) is 6.54 Å². The van der Waals surface area contributed by atoms with Crippen molar-refractivity contribution < 1.29 is 9.59 Å². The minimum absolute atomic E-state index is 0.0683. The van der Waals surface area contributed by atoms with Gasteiger partial charge in [-0.05, 0) is 54.9 Å². The Hall–Kier alpha value is -3.15. The van der Waals surface area contributed by atoms with Crippen molar-refractivity contribution in [2.24, 2.45) is 5.92 Å². The third-order valence-electron chi connectivity index (χ3n) is 5.99. The maximum Gasteiger partial charge on any atom is 0.260 e. The second-order valence-corrected chi connectivity index (χ2v) is 9.13. The van der Waals surface area contributed by atoms with Gasteiger partial charge in [0.15, 0.2) is 5.96 Å². The molecule has 3 N–H and O–H groups in total. The summed E-state index contributed by atoms with van der Waals surface area (Å²) < 4.78 is 0. The van der Waals surface area contributed by atoms with Crippen molar-refractivity contribution in [1.82, 2.24) is 15.5 Å². The molecule has 1 aliphatic carbocycles. The van der Waals surface area contributed by atoms with E-state index in [2.05, 4.69) is 24.5 Å². The second kappa shape index (κ2) is 8.17. The topological polar surface area (TPSA) is 85.3 Å². The summed E-state index contributed by atoms with van der Waals surface area (Å²) in [6, 6.07) is 15.6. The molecule has 0 bridgehead atoms. The SMILES string of the molecule is Cc1ccc(CN2C(=N)NC(CC(C)C)(c3ccccc3)C2=O)cc1C(=O)NC1CC1. The lowest BCUT2D eigenvalue weighted by molar-refractivity contribution is -0.132. The zero-order chi connectivity index (χ0) is 22.2.